The average Bonchev–Trinajstić information content (AvgIpc) is 2.70. The number of aliphatic carboxylic acids is 1. The van der Waals surface area contributed by atoms with Crippen molar-refractivity contribution in [2.24, 2.45) is 11.5 Å². The summed E-state index contributed by atoms with van der Waals surface area (Å²) in [5.74, 6) is -4.05. The van der Waals surface area contributed by atoms with Crippen LogP contribution in [-0.4, -0.2) is 88.3 Å². The van der Waals surface area contributed by atoms with Crippen LogP contribution in [0.3, 0.4) is 0 Å². The molecule has 172 valence electrons. The van der Waals surface area contributed by atoms with E-state index in [9.17, 15) is 29.1 Å². The lowest BCUT2D eigenvalue weighted by molar-refractivity contribution is -0.142. The zero-order valence-electron chi connectivity index (χ0n) is 16.5. The van der Waals surface area contributed by atoms with Crippen molar-refractivity contribution < 1.29 is 34.2 Å². The van der Waals surface area contributed by atoms with Gasteiger partial charge in [0, 0.05) is 12.2 Å². The van der Waals surface area contributed by atoms with Gasteiger partial charge < -0.3 is 37.6 Å². The fourth-order valence-corrected chi connectivity index (χ4v) is 2.88. The Labute approximate surface area is 183 Å². The molecule has 0 aliphatic rings. The highest BCUT2D eigenvalue weighted by Crippen LogP contribution is 2.01. The first-order chi connectivity index (χ1) is 14.1. The van der Waals surface area contributed by atoms with E-state index in [1.54, 1.807) is 0 Å². The third-order valence-electron chi connectivity index (χ3n) is 3.89. The minimum atomic E-state index is -1.40. The second kappa shape index (κ2) is 14.9. The predicted molar refractivity (Wildman–Crippen MR) is 114 cm³/mol. The van der Waals surface area contributed by atoms with E-state index in [0.717, 1.165) is 0 Å². The number of rotatable bonds is 15. The highest BCUT2D eigenvalue weighted by molar-refractivity contribution is 7.98. The van der Waals surface area contributed by atoms with Crippen LogP contribution in [0, 0.1) is 0 Å². The summed E-state index contributed by atoms with van der Waals surface area (Å²) in [6.45, 7) is -0.746. The van der Waals surface area contributed by atoms with E-state index in [1.165, 1.54) is 11.8 Å². The Morgan fingerprint density at radius 2 is 1.50 bits per heavy atom. The molecule has 9 N–H and O–H groups in total. The van der Waals surface area contributed by atoms with Crippen LogP contribution in [0.4, 0.5) is 0 Å². The predicted octanol–water partition coefficient (Wildman–Crippen LogP) is -3.21. The van der Waals surface area contributed by atoms with Crippen LogP contribution in [0.2, 0.25) is 0 Å². The van der Waals surface area contributed by atoms with E-state index in [2.05, 4.69) is 28.6 Å². The highest BCUT2D eigenvalue weighted by atomic mass is 32.2. The summed E-state index contributed by atoms with van der Waals surface area (Å²) in [5.41, 5.74) is 10.7. The maximum absolute atomic E-state index is 12.3. The Bertz CT molecular complexity index is 623. The molecule has 0 saturated carbocycles. The van der Waals surface area contributed by atoms with E-state index >= 15 is 0 Å². The Morgan fingerprint density at radius 1 is 0.967 bits per heavy atom. The molecule has 0 spiro atoms. The van der Waals surface area contributed by atoms with Gasteiger partial charge >= 0.3 is 5.97 Å². The van der Waals surface area contributed by atoms with Gasteiger partial charge in [0.05, 0.1) is 12.6 Å². The number of carboxylic acid groups (broad SMARTS) is 1. The Hall–Kier alpha value is -2.03. The summed E-state index contributed by atoms with van der Waals surface area (Å²) < 4.78 is 0. The summed E-state index contributed by atoms with van der Waals surface area (Å²) in [6.07, 6.45) is 1.73. The van der Waals surface area contributed by atoms with Crippen LogP contribution in [0.15, 0.2) is 0 Å². The fraction of sp³-hybridized carbons (Fsp3) is 0.688. The second-order valence-electron chi connectivity index (χ2n) is 6.28. The number of aliphatic hydroxyl groups is 1. The molecule has 0 aromatic rings. The first kappa shape index (κ1) is 28.0. The van der Waals surface area contributed by atoms with Crippen LogP contribution >= 0.6 is 24.4 Å². The first-order valence-electron chi connectivity index (χ1n) is 8.95. The van der Waals surface area contributed by atoms with Gasteiger partial charge in [-0.3, -0.25) is 19.2 Å². The van der Waals surface area contributed by atoms with Gasteiger partial charge in [-0.2, -0.15) is 24.4 Å². The van der Waals surface area contributed by atoms with Crippen molar-refractivity contribution in [2.45, 2.75) is 43.4 Å². The number of thioether (sulfide) groups is 1. The van der Waals surface area contributed by atoms with Gasteiger partial charge in [-0.25, -0.2) is 4.79 Å². The van der Waals surface area contributed by atoms with Gasteiger partial charge in [-0.15, -0.1) is 0 Å². The van der Waals surface area contributed by atoms with Crippen molar-refractivity contribution in [3.63, 3.8) is 0 Å². The van der Waals surface area contributed by atoms with Crippen molar-refractivity contribution >= 4 is 54.0 Å². The van der Waals surface area contributed by atoms with Gasteiger partial charge in [0.15, 0.2) is 0 Å². The number of carbonyl (C=O) groups is 5. The number of carbonyl (C=O) groups excluding carboxylic acids is 4. The van der Waals surface area contributed by atoms with E-state index in [4.69, 9.17) is 16.6 Å². The molecule has 12 nitrogen and oxygen atoms in total. The number of aliphatic hydroxyl groups excluding tert-OH is 1. The summed E-state index contributed by atoms with van der Waals surface area (Å²) in [7, 11) is 0. The van der Waals surface area contributed by atoms with Gasteiger partial charge in [0.1, 0.15) is 18.1 Å². The Kier molecular flexibility index (Phi) is 13.9. The van der Waals surface area contributed by atoms with Gasteiger partial charge in [0.25, 0.3) is 0 Å². The van der Waals surface area contributed by atoms with Crippen LogP contribution in [0.1, 0.15) is 19.3 Å². The van der Waals surface area contributed by atoms with Crippen molar-refractivity contribution in [3.8, 4) is 0 Å². The van der Waals surface area contributed by atoms with Crippen molar-refractivity contribution in [1.29, 1.82) is 0 Å². The number of hydrogen-bond donors (Lipinski definition) is 8. The largest absolute Gasteiger partial charge is 0.480 e. The third-order valence-corrected chi connectivity index (χ3v) is 4.90. The fourth-order valence-electron chi connectivity index (χ4n) is 2.13. The minimum Gasteiger partial charge on any atom is -0.480 e. The summed E-state index contributed by atoms with van der Waals surface area (Å²) in [4.78, 5) is 58.7. The molecule has 0 bridgehead atoms. The zero-order valence-corrected chi connectivity index (χ0v) is 18.2. The summed E-state index contributed by atoms with van der Waals surface area (Å²) >= 11 is 5.45. The molecule has 4 amide bonds. The number of nitrogens with one attached hydrogen (secondary N) is 3. The molecule has 0 fully saturated rings. The lowest BCUT2D eigenvalue weighted by Gasteiger charge is -2.23. The zero-order chi connectivity index (χ0) is 23.3. The number of carboxylic acids is 1. The molecule has 14 heteroatoms. The molecule has 0 heterocycles. The quantitative estimate of drug-likeness (QED) is 0.114. The molecule has 30 heavy (non-hydrogen) atoms. The normalized spacial score (nSPS) is 14.7. The molecular formula is C16H29N5O7S2. The molecular weight excluding hydrogens is 438 g/mol. The van der Waals surface area contributed by atoms with E-state index < -0.39 is 60.4 Å². The SMILES string of the molecule is CSCCC(N)C(=O)NC(CO)C(=O)NC(CS)C(=O)NC(CCC(N)=O)C(=O)O. The van der Waals surface area contributed by atoms with Crippen LogP contribution in [-0.2, 0) is 24.0 Å². The third kappa shape index (κ3) is 10.7. The van der Waals surface area contributed by atoms with Crippen LogP contribution < -0.4 is 27.4 Å². The summed E-state index contributed by atoms with van der Waals surface area (Å²) in [5, 5.41) is 25.3. The molecule has 0 aliphatic heterocycles. The number of hydrogen-bond acceptors (Lipinski definition) is 9. The maximum Gasteiger partial charge on any atom is 0.326 e. The van der Waals surface area contributed by atoms with Gasteiger partial charge in [-0.1, -0.05) is 0 Å². The smallest absolute Gasteiger partial charge is 0.326 e. The molecule has 0 aliphatic carbocycles. The Balaban J connectivity index is 4.94. The monoisotopic (exact) mass is 467 g/mol. The summed E-state index contributed by atoms with van der Waals surface area (Å²) in [6, 6.07) is -4.89. The van der Waals surface area contributed by atoms with Gasteiger partial charge in [0.2, 0.25) is 23.6 Å². The average molecular weight is 468 g/mol. The lowest BCUT2D eigenvalue weighted by atomic mass is 10.1. The van der Waals surface area contributed by atoms with E-state index in [0.29, 0.717) is 12.2 Å². The maximum atomic E-state index is 12.3. The number of amides is 4. The number of primary amides is 1. The Morgan fingerprint density at radius 3 is 1.97 bits per heavy atom. The number of thiol groups is 1. The van der Waals surface area contributed by atoms with Crippen LogP contribution in [0.25, 0.3) is 0 Å². The highest BCUT2D eigenvalue weighted by Gasteiger charge is 2.29. The van der Waals surface area contributed by atoms with Crippen molar-refractivity contribution in [1.82, 2.24) is 16.0 Å². The van der Waals surface area contributed by atoms with E-state index in [1.807, 2.05) is 6.26 Å². The van der Waals surface area contributed by atoms with Crippen molar-refractivity contribution in [3.05, 3.63) is 0 Å². The second-order valence-corrected chi connectivity index (χ2v) is 7.63. The molecule has 0 rings (SSSR count). The molecule has 0 aromatic heterocycles. The lowest BCUT2D eigenvalue weighted by Crippen LogP contribution is -2.58. The molecule has 4 atom stereocenters. The first-order valence-corrected chi connectivity index (χ1v) is 11.0. The van der Waals surface area contributed by atoms with Crippen molar-refractivity contribution in [2.75, 3.05) is 24.4 Å². The topological polar surface area (TPSA) is 214 Å². The van der Waals surface area contributed by atoms with Gasteiger partial charge in [-0.05, 0) is 24.9 Å². The number of nitrogens with two attached hydrogens (primary N) is 2. The molecule has 0 radical (unpaired) electrons. The molecule has 0 aromatic carbocycles. The van der Waals surface area contributed by atoms with Crippen LogP contribution in [0.5, 0.6) is 0 Å². The standard InChI is InChI=1S/C16H29N5O7S2/c1-30-5-4-8(17)13(24)20-10(6-22)14(25)21-11(7-29)15(26)19-9(16(27)28)2-3-12(18)23/h8-11,22,29H,2-7,17H2,1H3,(H2,18,23)(H,19,26)(H,20,24)(H,21,25)(H,27,28). The minimum absolute atomic E-state index is 0.195. The molecule has 0 saturated heterocycles. The molecule has 4 unspecified atom stereocenters. The van der Waals surface area contributed by atoms with E-state index in [-0.39, 0.29) is 18.6 Å².